The summed E-state index contributed by atoms with van der Waals surface area (Å²) in [6.45, 7) is 10.8. The molecule has 4 nitrogen and oxygen atoms in total. The molecule has 0 unspecified atom stereocenters. The van der Waals surface area contributed by atoms with Crippen LogP contribution in [-0.2, 0) is 6.54 Å². The number of aryl methyl sites for hydroxylation is 2. The second-order valence-corrected chi connectivity index (χ2v) is 6.22. The van der Waals surface area contributed by atoms with Crippen molar-refractivity contribution in [1.82, 2.24) is 10.3 Å². The van der Waals surface area contributed by atoms with Crippen LogP contribution in [0, 0.1) is 13.8 Å². The quantitative estimate of drug-likeness (QED) is 0.613. The van der Waals surface area contributed by atoms with Gasteiger partial charge in [-0.1, -0.05) is 0 Å². The Balaban J connectivity index is 2.62. The molecule has 0 radical (unpaired) electrons. The van der Waals surface area contributed by atoms with Crippen LogP contribution in [0.2, 0.25) is 0 Å². The second kappa shape index (κ2) is 4.82. The number of nitrogens with two attached hydrogens (primary N) is 1. The number of hydrogen-bond donors (Lipinski definition) is 2. The van der Waals surface area contributed by atoms with Gasteiger partial charge in [-0.2, -0.15) is 0 Å². The van der Waals surface area contributed by atoms with Crippen molar-refractivity contribution in [3.63, 3.8) is 0 Å². The maximum atomic E-state index is 5.78. The number of nitrogens with one attached hydrogen (secondary N) is 1. The van der Waals surface area contributed by atoms with E-state index >= 15 is 0 Å². The van der Waals surface area contributed by atoms with Gasteiger partial charge >= 0.3 is 0 Å². The van der Waals surface area contributed by atoms with Gasteiger partial charge < -0.3 is 11.1 Å². The van der Waals surface area contributed by atoms with Crippen LogP contribution in [-0.4, -0.2) is 16.5 Å². The molecule has 0 saturated heterocycles. The molecule has 1 aromatic heterocycles. The Hall–Kier alpha value is -1.10. The van der Waals surface area contributed by atoms with Crippen LogP contribution in [0.15, 0.2) is 4.99 Å². The lowest BCUT2D eigenvalue weighted by atomic mass is 10.1. The molecule has 90 valence electrons. The standard InChI is InChI=1S/C11H20N4S/c1-7-9(14-8(2)16-7)6-13-10(12)15-11(3,4)5/h6H2,1-5H3,(H3,12,13,15). The minimum absolute atomic E-state index is 0.0549. The fraction of sp³-hybridized carbons (Fsp3) is 0.636. The van der Waals surface area contributed by atoms with E-state index in [0.29, 0.717) is 12.5 Å². The van der Waals surface area contributed by atoms with Crippen molar-refractivity contribution in [2.24, 2.45) is 10.7 Å². The molecule has 0 aromatic carbocycles. The third-order valence-electron chi connectivity index (χ3n) is 1.90. The highest BCUT2D eigenvalue weighted by molar-refractivity contribution is 7.11. The van der Waals surface area contributed by atoms with Crippen LogP contribution in [0.25, 0.3) is 0 Å². The number of rotatable bonds is 2. The van der Waals surface area contributed by atoms with Gasteiger partial charge in [0.25, 0.3) is 0 Å². The van der Waals surface area contributed by atoms with Crippen molar-refractivity contribution in [2.75, 3.05) is 0 Å². The van der Waals surface area contributed by atoms with Crippen molar-refractivity contribution in [1.29, 1.82) is 0 Å². The Bertz CT molecular complexity index is 387. The Morgan fingerprint density at radius 2 is 2.06 bits per heavy atom. The molecule has 0 spiro atoms. The Labute approximate surface area is 101 Å². The average Bonchev–Trinajstić information content (AvgIpc) is 2.38. The van der Waals surface area contributed by atoms with E-state index in [0.717, 1.165) is 10.7 Å². The summed E-state index contributed by atoms with van der Waals surface area (Å²) in [5.41, 5.74) is 6.74. The van der Waals surface area contributed by atoms with Crippen molar-refractivity contribution in [3.8, 4) is 0 Å². The molecular formula is C11H20N4S. The zero-order valence-corrected chi connectivity index (χ0v) is 11.4. The van der Waals surface area contributed by atoms with E-state index in [2.05, 4.69) is 22.2 Å². The summed E-state index contributed by atoms with van der Waals surface area (Å²) in [7, 11) is 0. The summed E-state index contributed by atoms with van der Waals surface area (Å²) in [5, 5.41) is 4.19. The van der Waals surface area contributed by atoms with Crippen molar-refractivity contribution in [2.45, 2.75) is 46.7 Å². The van der Waals surface area contributed by atoms with E-state index in [-0.39, 0.29) is 5.54 Å². The predicted molar refractivity (Wildman–Crippen MR) is 69.8 cm³/mol. The van der Waals surface area contributed by atoms with Crippen LogP contribution in [0.1, 0.15) is 36.3 Å². The zero-order chi connectivity index (χ0) is 12.3. The average molecular weight is 240 g/mol. The smallest absolute Gasteiger partial charge is 0.189 e. The third kappa shape index (κ3) is 4.18. The van der Waals surface area contributed by atoms with Crippen LogP contribution >= 0.6 is 11.3 Å². The lowest BCUT2D eigenvalue weighted by Crippen LogP contribution is -2.45. The molecule has 1 rings (SSSR count). The van der Waals surface area contributed by atoms with Crippen LogP contribution in [0.5, 0.6) is 0 Å². The van der Waals surface area contributed by atoms with Crippen LogP contribution in [0.4, 0.5) is 0 Å². The number of aromatic nitrogens is 1. The SMILES string of the molecule is Cc1nc(CN=C(N)NC(C)(C)C)c(C)s1. The summed E-state index contributed by atoms with van der Waals surface area (Å²) in [6, 6.07) is 0. The highest BCUT2D eigenvalue weighted by Crippen LogP contribution is 2.16. The van der Waals surface area contributed by atoms with Crippen LogP contribution < -0.4 is 11.1 Å². The van der Waals surface area contributed by atoms with Crippen molar-refractivity contribution >= 4 is 17.3 Å². The van der Waals surface area contributed by atoms with Gasteiger partial charge in [0, 0.05) is 10.4 Å². The molecule has 3 N–H and O–H groups in total. The molecule has 16 heavy (non-hydrogen) atoms. The van der Waals surface area contributed by atoms with Gasteiger partial charge in [0.2, 0.25) is 0 Å². The second-order valence-electron chi connectivity index (χ2n) is 4.81. The summed E-state index contributed by atoms with van der Waals surface area (Å²) >= 11 is 1.69. The first-order valence-electron chi connectivity index (χ1n) is 5.29. The summed E-state index contributed by atoms with van der Waals surface area (Å²) in [6.07, 6.45) is 0. The van der Waals surface area contributed by atoms with Gasteiger partial charge in [0.15, 0.2) is 5.96 Å². The highest BCUT2D eigenvalue weighted by atomic mass is 32.1. The molecule has 1 aromatic rings. The molecule has 0 aliphatic carbocycles. The molecule has 5 heteroatoms. The van der Waals surface area contributed by atoms with E-state index in [1.54, 1.807) is 11.3 Å². The van der Waals surface area contributed by atoms with Crippen molar-refractivity contribution < 1.29 is 0 Å². The largest absolute Gasteiger partial charge is 0.370 e. The Morgan fingerprint density at radius 3 is 2.50 bits per heavy atom. The van der Waals surface area contributed by atoms with Gasteiger partial charge in [0.05, 0.1) is 17.2 Å². The molecule has 0 aliphatic heterocycles. The maximum Gasteiger partial charge on any atom is 0.189 e. The normalized spacial score (nSPS) is 12.9. The van der Waals surface area contributed by atoms with E-state index in [1.165, 1.54) is 4.88 Å². The van der Waals surface area contributed by atoms with Gasteiger partial charge in [0.1, 0.15) is 0 Å². The summed E-state index contributed by atoms with van der Waals surface area (Å²) in [5.74, 6) is 0.470. The fourth-order valence-electron chi connectivity index (χ4n) is 1.30. The predicted octanol–water partition coefficient (Wildman–Crippen LogP) is 1.96. The third-order valence-corrected chi connectivity index (χ3v) is 2.83. The molecule has 0 aliphatic rings. The van der Waals surface area contributed by atoms with Crippen LogP contribution in [0.3, 0.4) is 0 Å². The van der Waals surface area contributed by atoms with Gasteiger partial charge in [-0.15, -0.1) is 11.3 Å². The summed E-state index contributed by atoms with van der Waals surface area (Å²) < 4.78 is 0. The van der Waals surface area contributed by atoms with E-state index in [1.807, 2.05) is 27.7 Å². The monoisotopic (exact) mass is 240 g/mol. The fourth-order valence-corrected chi connectivity index (χ4v) is 2.13. The number of guanidine groups is 1. The first kappa shape index (κ1) is 13.0. The topological polar surface area (TPSA) is 63.3 Å². The number of nitrogens with zero attached hydrogens (tertiary/aromatic N) is 2. The Kier molecular flexibility index (Phi) is 3.91. The number of aliphatic imine (C=N–C) groups is 1. The van der Waals surface area contributed by atoms with Crippen molar-refractivity contribution in [3.05, 3.63) is 15.6 Å². The first-order valence-corrected chi connectivity index (χ1v) is 6.10. The number of hydrogen-bond acceptors (Lipinski definition) is 3. The van der Waals surface area contributed by atoms with Gasteiger partial charge in [-0.3, -0.25) is 0 Å². The van der Waals surface area contributed by atoms with E-state index in [9.17, 15) is 0 Å². The lowest BCUT2D eigenvalue weighted by molar-refractivity contribution is 0.508. The summed E-state index contributed by atoms with van der Waals surface area (Å²) in [4.78, 5) is 9.90. The molecule has 0 bridgehead atoms. The minimum atomic E-state index is -0.0549. The Morgan fingerprint density at radius 1 is 1.44 bits per heavy atom. The molecule has 1 heterocycles. The molecule has 0 fully saturated rings. The lowest BCUT2D eigenvalue weighted by Gasteiger charge is -2.20. The van der Waals surface area contributed by atoms with E-state index in [4.69, 9.17) is 5.73 Å². The minimum Gasteiger partial charge on any atom is -0.370 e. The first-order chi connectivity index (χ1) is 7.28. The van der Waals surface area contributed by atoms with Gasteiger partial charge in [-0.05, 0) is 34.6 Å². The van der Waals surface area contributed by atoms with Gasteiger partial charge in [-0.25, -0.2) is 9.98 Å². The molecule has 0 atom stereocenters. The maximum absolute atomic E-state index is 5.78. The molecule has 0 amide bonds. The highest BCUT2D eigenvalue weighted by Gasteiger charge is 2.10. The zero-order valence-electron chi connectivity index (χ0n) is 10.6. The molecule has 0 saturated carbocycles. The van der Waals surface area contributed by atoms with E-state index < -0.39 is 0 Å². The number of thiazole rings is 1. The molecular weight excluding hydrogens is 220 g/mol.